The molecule has 1 heteroatoms. The van der Waals surface area contributed by atoms with Gasteiger partial charge in [0.2, 0.25) is 0 Å². The summed E-state index contributed by atoms with van der Waals surface area (Å²) in [5.41, 5.74) is 6.92. The van der Waals surface area contributed by atoms with E-state index >= 15 is 0 Å². The molecular formula is C28H35N. The molecule has 0 saturated heterocycles. The van der Waals surface area contributed by atoms with E-state index in [0.29, 0.717) is 10.8 Å². The lowest BCUT2D eigenvalue weighted by Crippen LogP contribution is -2.12. The van der Waals surface area contributed by atoms with E-state index in [1.54, 1.807) is 0 Å². The second kappa shape index (κ2) is 8.45. The Morgan fingerprint density at radius 2 is 0.828 bits per heavy atom. The predicted molar refractivity (Wildman–Crippen MR) is 127 cm³/mol. The number of anilines is 3. The van der Waals surface area contributed by atoms with Crippen LogP contribution in [0.1, 0.15) is 52.7 Å². The molecule has 0 unspecified atom stereocenters. The zero-order chi connectivity index (χ0) is 21.1. The summed E-state index contributed by atoms with van der Waals surface area (Å²) in [6.07, 6.45) is 2.17. The fraction of sp³-hybridized carbons (Fsp3) is 0.357. The van der Waals surface area contributed by atoms with Crippen LogP contribution in [0.5, 0.6) is 0 Å². The molecule has 0 radical (unpaired) electrons. The molecule has 0 saturated carbocycles. The highest BCUT2D eigenvalue weighted by molar-refractivity contribution is 5.76. The van der Waals surface area contributed by atoms with Gasteiger partial charge in [-0.3, -0.25) is 0 Å². The van der Waals surface area contributed by atoms with E-state index in [1.807, 2.05) is 0 Å². The van der Waals surface area contributed by atoms with Gasteiger partial charge >= 0.3 is 0 Å². The van der Waals surface area contributed by atoms with Crippen LogP contribution >= 0.6 is 0 Å². The third-order valence-electron chi connectivity index (χ3n) is 4.87. The lowest BCUT2D eigenvalue weighted by Gasteiger charge is -2.26. The molecule has 0 fully saturated rings. The van der Waals surface area contributed by atoms with Crippen molar-refractivity contribution in [2.45, 2.75) is 54.4 Å². The molecule has 0 aliphatic rings. The van der Waals surface area contributed by atoms with Crippen LogP contribution in [0.2, 0.25) is 0 Å². The number of para-hydroxylation sites is 1. The molecule has 0 N–H and O–H groups in total. The maximum absolute atomic E-state index is 2.34. The van der Waals surface area contributed by atoms with Crippen LogP contribution in [-0.2, 0) is 12.8 Å². The van der Waals surface area contributed by atoms with Gasteiger partial charge in [0.25, 0.3) is 0 Å². The number of hydrogen-bond acceptors (Lipinski definition) is 1. The molecule has 0 bridgehead atoms. The fourth-order valence-corrected chi connectivity index (χ4v) is 3.77. The Labute approximate surface area is 177 Å². The van der Waals surface area contributed by atoms with Crippen LogP contribution in [-0.4, -0.2) is 0 Å². The molecule has 0 atom stereocenters. The molecule has 3 aromatic carbocycles. The third-order valence-corrected chi connectivity index (χ3v) is 4.87. The van der Waals surface area contributed by atoms with Crippen LogP contribution in [0, 0.1) is 10.8 Å². The molecule has 0 aromatic heterocycles. The van der Waals surface area contributed by atoms with Crippen LogP contribution in [0.4, 0.5) is 17.1 Å². The Bertz CT molecular complexity index is 832. The molecule has 0 aliphatic carbocycles. The molecule has 152 valence electrons. The molecule has 0 spiro atoms. The van der Waals surface area contributed by atoms with Gasteiger partial charge in [-0.05, 0) is 71.2 Å². The largest absolute Gasteiger partial charge is 0.311 e. The van der Waals surface area contributed by atoms with Gasteiger partial charge in [-0.15, -0.1) is 0 Å². The first-order chi connectivity index (χ1) is 13.6. The van der Waals surface area contributed by atoms with Gasteiger partial charge in [0, 0.05) is 17.1 Å². The highest BCUT2D eigenvalue weighted by atomic mass is 15.1. The van der Waals surface area contributed by atoms with Crippen molar-refractivity contribution in [1.82, 2.24) is 0 Å². The highest BCUT2D eigenvalue weighted by Crippen LogP contribution is 2.35. The van der Waals surface area contributed by atoms with E-state index in [9.17, 15) is 0 Å². The summed E-state index contributed by atoms with van der Waals surface area (Å²) in [5.74, 6) is 0. The Hall–Kier alpha value is -2.54. The van der Waals surface area contributed by atoms with E-state index in [-0.39, 0.29) is 0 Å². The molecular weight excluding hydrogens is 350 g/mol. The normalized spacial score (nSPS) is 12.1. The fourth-order valence-electron chi connectivity index (χ4n) is 3.77. The van der Waals surface area contributed by atoms with Crippen LogP contribution < -0.4 is 4.90 Å². The van der Waals surface area contributed by atoms with E-state index in [0.717, 1.165) is 12.8 Å². The molecule has 0 amide bonds. The van der Waals surface area contributed by atoms with Crippen molar-refractivity contribution < 1.29 is 0 Å². The molecule has 3 rings (SSSR count). The van der Waals surface area contributed by atoms with Crippen molar-refractivity contribution in [2.24, 2.45) is 10.8 Å². The maximum atomic E-state index is 2.34. The van der Waals surface area contributed by atoms with Crippen molar-refractivity contribution in [3.8, 4) is 0 Å². The zero-order valence-electron chi connectivity index (χ0n) is 18.9. The minimum Gasteiger partial charge on any atom is -0.311 e. The summed E-state index contributed by atoms with van der Waals surface area (Å²) >= 11 is 0. The first-order valence-electron chi connectivity index (χ1n) is 10.6. The van der Waals surface area contributed by atoms with E-state index < -0.39 is 0 Å². The van der Waals surface area contributed by atoms with Crippen LogP contribution in [0.25, 0.3) is 0 Å². The molecule has 0 aliphatic heterocycles. The van der Waals surface area contributed by atoms with Gasteiger partial charge in [0.05, 0.1) is 0 Å². The molecule has 29 heavy (non-hydrogen) atoms. The van der Waals surface area contributed by atoms with Crippen LogP contribution in [0.3, 0.4) is 0 Å². The Balaban J connectivity index is 1.94. The van der Waals surface area contributed by atoms with E-state index in [2.05, 4.69) is 125 Å². The SMILES string of the molecule is CC(C)(C)Cc1ccc(N(c2ccccc2)c2ccc(CC(C)(C)C)cc2)cc1. The van der Waals surface area contributed by atoms with Gasteiger partial charge in [-0.1, -0.05) is 84.0 Å². The van der Waals surface area contributed by atoms with Gasteiger partial charge in [0.15, 0.2) is 0 Å². The lowest BCUT2D eigenvalue weighted by molar-refractivity contribution is 0.411. The summed E-state index contributed by atoms with van der Waals surface area (Å²) in [6, 6.07) is 28.7. The minimum absolute atomic E-state index is 0.295. The van der Waals surface area contributed by atoms with Gasteiger partial charge in [-0.2, -0.15) is 0 Å². The summed E-state index contributed by atoms with van der Waals surface area (Å²) in [5, 5.41) is 0. The Morgan fingerprint density at radius 1 is 0.483 bits per heavy atom. The number of hydrogen-bond donors (Lipinski definition) is 0. The smallest absolute Gasteiger partial charge is 0.0461 e. The molecule has 1 nitrogen and oxygen atoms in total. The molecule has 3 aromatic rings. The summed E-state index contributed by atoms with van der Waals surface area (Å²) in [6.45, 7) is 13.7. The van der Waals surface area contributed by atoms with Crippen molar-refractivity contribution in [3.05, 3.63) is 90.0 Å². The van der Waals surface area contributed by atoms with Gasteiger partial charge < -0.3 is 4.90 Å². The average molecular weight is 386 g/mol. The van der Waals surface area contributed by atoms with Gasteiger partial charge in [0.1, 0.15) is 0 Å². The highest BCUT2D eigenvalue weighted by Gasteiger charge is 2.16. The maximum Gasteiger partial charge on any atom is 0.0461 e. The van der Waals surface area contributed by atoms with Crippen molar-refractivity contribution in [2.75, 3.05) is 4.90 Å². The summed E-state index contributed by atoms with van der Waals surface area (Å²) in [4.78, 5) is 2.34. The third kappa shape index (κ3) is 6.22. The second-order valence-electron chi connectivity index (χ2n) is 10.5. The van der Waals surface area contributed by atoms with E-state index in [4.69, 9.17) is 0 Å². The van der Waals surface area contributed by atoms with Crippen molar-refractivity contribution in [3.63, 3.8) is 0 Å². The second-order valence-corrected chi connectivity index (χ2v) is 10.5. The Kier molecular flexibility index (Phi) is 6.17. The first-order valence-corrected chi connectivity index (χ1v) is 10.6. The standard InChI is InChI=1S/C28H35N/c1-27(2,3)20-22-12-16-25(17-13-22)29(24-10-8-7-9-11-24)26-18-14-23(15-19-26)21-28(4,5)6/h7-19H,20-21H2,1-6H3. The number of benzene rings is 3. The quantitative estimate of drug-likeness (QED) is 0.426. The number of rotatable bonds is 5. The average Bonchev–Trinajstić information content (AvgIpc) is 2.63. The topological polar surface area (TPSA) is 3.24 Å². The minimum atomic E-state index is 0.295. The van der Waals surface area contributed by atoms with Crippen LogP contribution in [0.15, 0.2) is 78.9 Å². The predicted octanol–water partition coefficient (Wildman–Crippen LogP) is 8.33. The molecule has 0 heterocycles. The summed E-state index contributed by atoms with van der Waals surface area (Å²) < 4.78 is 0. The van der Waals surface area contributed by atoms with Crippen molar-refractivity contribution >= 4 is 17.1 Å². The monoisotopic (exact) mass is 385 g/mol. The lowest BCUT2D eigenvalue weighted by atomic mass is 9.88. The van der Waals surface area contributed by atoms with Gasteiger partial charge in [-0.25, -0.2) is 0 Å². The van der Waals surface area contributed by atoms with E-state index in [1.165, 1.54) is 28.2 Å². The van der Waals surface area contributed by atoms with Crippen molar-refractivity contribution in [1.29, 1.82) is 0 Å². The first kappa shape index (κ1) is 21.2. The number of nitrogens with zero attached hydrogens (tertiary/aromatic N) is 1. The summed E-state index contributed by atoms with van der Waals surface area (Å²) in [7, 11) is 0. The zero-order valence-corrected chi connectivity index (χ0v) is 18.9. The Morgan fingerprint density at radius 3 is 1.17 bits per heavy atom.